The molecule has 0 radical (unpaired) electrons. The molecule has 0 aromatic rings. The smallest absolute Gasteiger partial charge is 0.225 e. The Morgan fingerprint density at radius 1 is 1.33 bits per heavy atom. The molecular formula is C12H20N2O3S. The zero-order chi connectivity index (χ0) is 13.0. The van der Waals surface area contributed by atoms with Gasteiger partial charge < -0.3 is 20.1 Å². The first-order valence-electron chi connectivity index (χ1n) is 6.47. The highest BCUT2D eigenvalue weighted by atomic mass is 32.1. The average Bonchev–Trinajstić information content (AvgIpc) is 2.40. The molecule has 2 N–H and O–H groups in total. The summed E-state index contributed by atoms with van der Waals surface area (Å²) in [5, 5.41) is 0. The molecule has 0 aromatic heterocycles. The molecule has 0 aromatic carbocycles. The van der Waals surface area contributed by atoms with Crippen LogP contribution in [0.15, 0.2) is 0 Å². The lowest BCUT2D eigenvalue weighted by atomic mass is 10.1. The Balaban J connectivity index is 1.82. The van der Waals surface area contributed by atoms with Crippen molar-refractivity contribution in [3.8, 4) is 0 Å². The Morgan fingerprint density at radius 2 is 2.17 bits per heavy atom. The van der Waals surface area contributed by atoms with E-state index >= 15 is 0 Å². The number of hydrogen-bond donors (Lipinski definition) is 1. The molecule has 2 atom stereocenters. The molecular weight excluding hydrogens is 252 g/mol. The number of thiocarbonyl (C=S) groups is 1. The largest absolute Gasteiger partial charge is 0.391 e. The van der Waals surface area contributed by atoms with Crippen LogP contribution in [0.5, 0.6) is 0 Å². The lowest BCUT2D eigenvalue weighted by Gasteiger charge is -2.33. The lowest BCUT2D eigenvalue weighted by Crippen LogP contribution is -2.50. The van der Waals surface area contributed by atoms with E-state index in [0.29, 0.717) is 31.1 Å². The molecule has 0 saturated carbocycles. The van der Waals surface area contributed by atoms with E-state index in [1.165, 1.54) is 0 Å². The van der Waals surface area contributed by atoms with Crippen molar-refractivity contribution >= 4 is 23.1 Å². The number of hydrogen-bond acceptors (Lipinski definition) is 4. The summed E-state index contributed by atoms with van der Waals surface area (Å²) in [7, 11) is 0. The van der Waals surface area contributed by atoms with Crippen LogP contribution >= 0.6 is 12.2 Å². The minimum atomic E-state index is -0.301. The summed E-state index contributed by atoms with van der Waals surface area (Å²) in [5.41, 5.74) is 5.56. The topological polar surface area (TPSA) is 64.8 Å². The van der Waals surface area contributed by atoms with E-state index in [1.54, 1.807) is 4.90 Å². The Morgan fingerprint density at radius 3 is 2.83 bits per heavy atom. The monoisotopic (exact) mass is 272 g/mol. The number of nitrogens with two attached hydrogens (primary N) is 1. The molecule has 0 bridgehead atoms. The number of ether oxygens (including phenoxy) is 2. The maximum atomic E-state index is 12.1. The molecule has 2 saturated heterocycles. The fourth-order valence-electron chi connectivity index (χ4n) is 2.34. The first-order chi connectivity index (χ1) is 8.66. The van der Waals surface area contributed by atoms with Crippen molar-refractivity contribution in [2.24, 2.45) is 5.73 Å². The Labute approximate surface area is 113 Å². The highest BCUT2D eigenvalue weighted by Gasteiger charge is 2.28. The highest BCUT2D eigenvalue weighted by molar-refractivity contribution is 7.80. The van der Waals surface area contributed by atoms with Gasteiger partial charge in [-0.15, -0.1) is 0 Å². The van der Waals surface area contributed by atoms with Gasteiger partial charge in [0.05, 0.1) is 25.7 Å². The molecule has 2 fully saturated rings. The summed E-state index contributed by atoms with van der Waals surface area (Å²) < 4.78 is 11.0. The van der Waals surface area contributed by atoms with Crippen LogP contribution in [0.4, 0.5) is 0 Å². The van der Waals surface area contributed by atoms with Gasteiger partial charge in [0.2, 0.25) is 5.91 Å². The van der Waals surface area contributed by atoms with Crippen LogP contribution in [0.25, 0.3) is 0 Å². The number of carbonyl (C=O) groups is 1. The zero-order valence-corrected chi connectivity index (χ0v) is 11.3. The molecule has 0 aliphatic carbocycles. The molecule has 102 valence electrons. The summed E-state index contributed by atoms with van der Waals surface area (Å²) >= 11 is 4.91. The van der Waals surface area contributed by atoms with Gasteiger partial charge in [0.15, 0.2) is 0 Å². The summed E-state index contributed by atoms with van der Waals surface area (Å²) in [6, 6.07) is 0. The summed E-state index contributed by atoms with van der Waals surface area (Å²) in [4.78, 5) is 14.2. The van der Waals surface area contributed by atoms with E-state index in [-0.39, 0.29) is 18.1 Å². The molecule has 0 spiro atoms. The van der Waals surface area contributed by atoms with E-state index in [2.05, 4.69) is 0 Å². The molecule has 2 unspecified atom stereocenters. The maximum absolute atomic E-state index is 12.1. The Bertz CT molecular complexity index is 318. The third-order valence-corrected chi connectivity index (χ3v) is 3.68. The van der Waals surface area contributed by atoms with Gasteiger partial charge in [0, 0.05) is 13.2 Å². The van der Waals surface area contributed by atoms with Gasteiger partial charge >= 0.3 is 0 Å². The molecule has 18 heavy (non-hydrogen) atoms. The minimum Gasteiger partial charge on any atom is -0.391 e. The van der Waals surface area contributed by atoms with E-state index in [9.17, 15) is 4.79 Å². The zero-order valence-electron chi connectivity index (χ0n) is 10.5. The van der Waals surface area contributed by atoms with Crippen molar-refractivity contribution in [3.05, 3.63) is 0 Å². The van der Waals surface area contributed by atoms with Crippen LogP contribution in [0, 0.1) is 0 Å². The van der Waals surface area contributed by atoms with Crippen LogP contribution < -0.4 is 5.73 Å². The summed E-state index contributed by atoms with van der Waals surface area (Å²) in [6.45, 7) is 2.36. The van der Waals surface area contributed by atoms with Crippen LogP contribution in [0.3, 0.4) is 0 Å². The van der Waals surface area contributed by atoms with Crippen molar-refractivity contribution in [1.29, 1.82) is 0 Å². The summed E-state index contributed by atoms with van der Waals surface area (Å²) in [6.07, 6.45) is 3.48. The number of amides is 1. The fraction of sp³-hybridized carbons (Fsp3) is 0.833. The van der Waals surface area contributed by atoms with E-state index < -0.39 is 0 Å². The predicted octanol–water partition coefficient (Wildman–Crippen LogP) is 0.459. The standard InChI is InChI=1S/C12H20N2O3S/c13-12(18)10-8-14(4-6-17-10)11(15)7-9-3-1-2-5-16-9/h9-10H,1-8H2,(H2,13,18). The van der Waals surface area contributed by atoms with Crippen molar-refractivity contribution in [3.63, 3.8) is 0 Å². The van der Waals surface area contributed by atoms with E-state index in [1.807, 2.05) is 0 Å². The predicted molar refractivity (Wildman–Crippen MR) is 71.3 cm³/mol. The normalized spacial score (nSPS) is 29.0. The van der Waals surface area contributed by atoms with Crippen molar-refractivity contribution < 1.29 is 14.3 Å². The first-order valence-corrected chi connectivity index (χ1v) is 6.88. The second-order valence-corrected chi connectivity index (χ2v) is 5.27. The van der Waals surface area contributed by atoms with Gasteiger partial charge in [0.25, 0.3) is 0 Å². The van der Waals surface area contributed by atoms with Crippen molar-refractivity contribution in [2.75, 3.05) is 26.3 Å². The minimum absolute atomic E-state index is 0.0809. The van der Waals surface area contributed by atoms with Gasteiger partial charge in [-0.3, -0.25) is 4.79 Å². The fourth-order valence-corrected chi connectivity index (χ4v) is 2.48. The third-order valence-electron chi connectivity index (χ3n) is 3.41. The second-order valence-electron chi connectivity index (χ2n) is 4.79. The SMILES string of the molecule is NC(=S)C1CN(C(=O)CC2CCCCO2)CCO1. The molecule has 6 heteroatoms. The molecule has 2 heterocycles. The van der Waals surface area contributed by atoms with Gasteiger partial charge in [-0.1, -0.05) is 12.2 Å². The molecule has 2 aliphatic heterocycles. The third kappa shape index (κ3) is 3.63. The van der Waals surface area contributed by atoms with Crippen molar-refractivity contribution in [1.82, 2.24) is 4.90 Å². The van der Waals surface area contributed by atoms with E-state index in [0.717, 1.165) is 25.9 Å². The van der Waals surface area contributed by atoms with Gasteiger partial charge in [-0.2, -0.15) is 0 Å². The summed E-state index contributed by atoms with van der Waals surface area (Å²) in [5.74, 6) is 0.117. The molecule has 2 aliphatic rings. The van der Waals surface area contributed by atoms with Gasteiger partial charge in [-0.25, -0.2) is 0 Å². The van der Waals surface area contributed by atoms with Crippen LogP contribution in [-0.4, -0.2) is 54.3 Å². The second kappa shape index (κ2) is 6.45. The molecule has 2 rings (SSSR count). The van der Waals surface area contributed by atoms with E-state index in [4.69, 9.17) is 27.4 Å². The average molecular weight is 272 g/mol. The van der Waals surface area contributed by atoms with Crippen LogP contribution in [0.2, 0.25) is 0 Å². The lowest BCUT2D eigenvalue weighted by molar-refractivity contribution is -0.140. The Kier molecular flexibility index (Phi) is 4.91. The number of morpholine rings is 1. The quantitative estimate of drug-likeness (QED) is 0.756. The Hall–Kier alpha value is -0.720. The first kappa shape index (κ1) is 13.7. The van der Waals surface area contributed by atoms with Gasteiger partial charge in [0.1, 0.15) is 11.1 Å². The van der Waals surface area contributed by atoms with Crippen LogP contribution in [0.1, 0.15) is 25.7 Å². The molecule has 5 nitrogen and oxygen atoms in total. The number of rotatable bonds is 3. The number of carbonyl (C=O) groups excluding carboxylic acids is 1. The number of nitrogens with zero attached hydrogens (tertiary/aromatic N) is 1. The molecule has 1 amide bonds. The highest BCUT2D eigenvalue weighted by Crippen LogP contribution is 2.17. The van der Waals surface area contributed by atoms with Crippen LogP contribution in [-0.2, 0) is 14.3 Å². The van der Waals surface area contributed by atoms with Gasteiger partial charge in [-0.05, 0) is 19.3 Å². The maximum Gasteiger partial charge on any atom is 0.225 e. The van der Waals surface area contributed by atoms with Crippen molar-refractivity contribution in [2.45, 2.75) is 37.9 Å².